The van der Waals surface area contributed by atoms with Gasteiger partial charge in [-0.25, -0.2) is 0 Å². The highest BCUT2D eigenvalue weighted by Gasteiger charge is 2.09. The zero-order chi connectivity index (χ0) is 13.5. The second-order valence-corrected chi connectivity index (χ2v) is 4.03. The molecule has 18 heavy (non-hydrogen) atoms. The van der Waals surface area contributed by atoms with Gasteiger partial charge < -0.3 is 20.5 Å². The fraction of sp³-hybridized carbons (Fsp3) is 0.462. The van der Waals surface area contributed by atoms with E-state index in [0.29, 0.717) is 18.7 Å². The van der Waals surface area contributed by atoms with Crippen LogP contribution in [0, 0.1) is 0 Å². The number of nitrogens with one attached hydrogen (secondary N) is 2. The van der Waals surface area contributed by atoms with Crippen molar-refractivity contribution in [1.82, 2.24) is 10.6 Å². The molecule has 5 heteroatoms. The van der Waals surface area contributed by atoms with E-state index in [1.807, 2.05) is 13.0 Å². The molecule has 0 aliphatic rings. The van der Waals surface area contributed by atoms with Crippen LogP contribution < -0.4 is 15.4 Å². The van der Waals surface area contributed by atoms with Gasteiger partial charge in [-0.15, -0.1) is 0 Å². The van der Waals surface area contributed by atoms with Crippen LogP contribution in [0.1, 0.15) is 24.9 Å². The van der Waals surface area contributed by atoms with Gasteiger partial charge in [-0.1, -0.05) is 6.07 Å². The highest BCUT2D eigenvalue weighted by atomic mass is 16.5. The van der Waals surface area contributed by atoms with Gasteiger partial charge in [-0.3, -0.25) is 4.79 Å². The standard InChI is InChI=1S/C13H20N2O3/c1-9(15-7-6-13(17)14-2)10-4-5-11(16)12(8-10)18-3/h4-5,8-9,15-16H,6-7H2,1-3H3,(H,14,17). The molecule has 1 unspecified atom stereocenters. The summed E-state index contributed by atoms with van der Waals surface area (Å²) in [6, 6.07) is 5.30. The van der Waals surface area contributed by atoms with E-state index in [2.05, 4.69) is 10.6 Å². The Balaban J connectivity index is 2.56. The first kappa shape index (κ1) is 14.3. The first-order valence-corrected chi connectivity index (χ1v) is 5.89. The Morgan fingerprint density at radius 3 is 2.83 bits per heavy atom. The number of methoxy groups -OCH3 is 1. The van der Waals surface area contributed by atoms with E-state index < -0.39 is 0 Å². The molecule has 1 aromatic carbocycles. The fourth-order valence-corrected chi connectivity index (χ4v) is 1.61. The van der Waals surface area contributed by atoms with E-state index in [1.165, 1.54) is 7.11 Å². The predicted molar refractivity (Wildman–Crippen MR) is 69.8 cm³/mol. The van der Waals surface area contributed by atoms with Crippen molar-refractivity contribution in [2.24, 2.45) is 0 Å². The van der Waals surface area contributed by atoms with Crippen LogP contribution in [0.5, 0.6) is 11.5 Å². The van der Waals surface area contributed by atoms with Crippen molar-refractivity contribution in [3.8, 4) is 11.5 Å². The molecule has 100 valence electrons. The van der Waals surface area contributed by atoms with Gasteiger partial charge in [0.2, 0.25) is 5.91 Å². The molecule has 1 atom stereocenters. The van der Waals surface area contributed by atoms with Gasteiger partial charge in [0.05, 0.1) is 7.11 Å². The van der Waals surface area contributed by atoms with Gasteiger partial charge in [-0.05, 0) is 24.6 Å². The highest BCUT2D eigenvalue weighted by molar-refractivity contribution is 5.75. The van der Waals surface area contributed by atoms with Crippen LogP contribution in [0.3, 0.4) is 0 Å². The van der Waals surface area contributed by atoms with Crippen molar-refractivity contribution in [3.63, 3.8) is 0 Å². The molecule has 0 radical (unpaired) electrons. The monoisotopic (exact) mass is 252 g/mol. The maximum atomic E-state index is 11.1. The smallest absolute Gasteiger partial charge is 0.221 e. The third kappa shape index (κ3) is 3.92. The van der Waals surface area contributed by atoms with Gasteiger partial charge in [0.1, 0.15) is 0 Å². The molecule has 0 heterocycles. The summed E-state index contributed by atoms with van der Waals surface area (Å²) in [7, 11) is 3.14. The molecule has 0 fully saturated rings. The number of carbonyl (C=O) groups excluding carboxylic acids is 1. The SMILES string of the molecule is CNC(=O)CCNC(C)c1ccc(O)c(OC)c1. The summed E-state index contributed by atoms with van der Waals surface area (Å²) >= 11 is 0. The Labute approximate surface area is 107 Å². The summed E-state index contributed by atoms with van der Waals surface area (Å²) in [6.45, 7) is 2.60. The first-order chi connectivity index (χ1) is 8.58. The fourth-order valence-electron chi connectivity index (χ4n) is 1.61. The Kier molecular flexibility index (Phi) is 5.45. The molecule has 5 nitrogen and oxygen atoms in total. The quantitative estimate of drug-likeness (QED) is 0.711. The van der Waals surface area contributed by atoms with Crippen molar-refractivity contribution in [1.29, 1.82) is 0 Å². The van der Waals surface area contributed by atoms with Crippen LogP contribution in [0.25, 0.3) is 0 Å². The number of rotatable bonds is 6. The van der Waals surface area contributed by atoms with Crippen LogP contribution in [0.15, 0.2) is 18.2 Å². The van der Waals surface area contributed by atoms with Crippen molar-refractivity contribution < 1.29 is 14.6 Å². The normalized spacial score (nSPS) is 11.9. The lowest BCUT2D eigenvalue weighted by Crippen LogP contribution is -2.26. The number of benzene rings is 1. The van der Waals surface area contributed by atoms with Crippen molar-refractivity contribution in [3.05, 3.63) is 23.8 Å². The van der Waals surface area contributed by atoms with E-state index in [-0.39, 0.29) is 17.7 Å². The van der Waals surface area contributed by atoms with E-state index in [4.69, 9.17) is 4.74 Å². The van der Waals surface area contributed by atoms with Gasteiger partial charge in [0.25, 0.3) is 0 Å². The molecule has 1 rings (SSSR count). The van der Waals surface area contributed by atoms with E-state index in [1.54, 1.807) is 19.2 Å². The van der Waals surface area contributed by atoms with E-state index in [9.17, 15) is 9.90 Å². The molecule has 1 amide bonds. The number of ether oxygens (including phenoxy) is 1. The summed E-state index contributed by atoms with van der Waals surface area (Å²) in [5, 5.41) is 15.3. The average Bonchev–Trinajstić information content (AvgIpc) is 2.38. The molecule has 0 bridgehead atoms. The predicted octanol–water partition coefficient (Wildman–Crippen LogP) is 1.19. The molecule has 0 aliphatic heterocycles. The molecule has 3 N–H and O–H groups in total. The topological polar surface area (TPSA) is 70.6 Å². The lowest BCUT2D eigenvalue weighted by atomic mass is 10.1. The summed E-state index contributed by atoms with van der Waals surface area (Å²) in [5.41, 5.74) is 1.00. The molecule has 0 saturated carbocycles. The minimum absolute atomic E-state index is 0.0120. The maximum Gasteiger partial charge on any atom is 0.221 e. The Hall–Kier alpha value is -1.75. The molecular formula is C13H20N2O3. The summed E-state index contributed by atoms with van der Waals surface area (Å²) in [5.74, 6) is 0.587. The van der Waals surface area contributed by atoms with Crippen molar-refractivity contribution in [2.45, 2.75) is 19.4 Å². The molecule has 0 aliphatic carbocycles. The van der Waals surface area contributed by atoms with Gasteiger partial charge in [0, 0.05) is 26.1 Å². The van der Waals surface area contributed by atoms with Crippen LogP contribution in [-0.2, 0) is 4.79 Å². The summed E-state index contributed by atoms with van der Waals surface area (Å²) in [6.07, 6.45) is 0.441. The summed E-state index contributed by atoms with van der Waals surface area (Å²) < 4.78 is 5.05. The first-order valence-electron chi connectivity index (χ1n) is 5.89. The lowest BCUT2D eigenvalue weighted by molar-refractivity contribution is -0.120. The van der Waals surface area contributed by atoms with Crippen LogP contribution in [-0.4, -0.2) is 31.7 Å². The number of amides is 1. The maximum absolute atomic E-state index is 11.1. The summed E-state index contributed by atoms with van der Waals surface area (Å²) in [4.78, 5) is 11.1. The number of carbonyl (C=O) groups is 1. The Morgan fingerprint density at radius 2 is 2.22 bits per heavy atom. The van der Waals surface area contributed by atoms with Crippen LogP contribution in [0.2, 0.25) is 0 Å². The number of phenols is 1. The van der Waals surface area contributed by atoms with Crippen molar-refractivity contribution in [2.75, 3.05) is 20.7 Å². The molecule has 0 saturated heterocycles. The second kappa shape index (κ2) is 6.86. The van der Waals surface area contributed by atoms with E-state index in [0.717, 1.165) is 5.56 Å². The largest absolute Gasteiger partial charge is 0.504 e. The van der Waals surface area contributed by atoms with Crippen LogP contribution >= 0.6 is 0 Å². The number of hydrogen-bond donors (Lipinski definition) is 3. The van der Waals surface area contributed by atoms with Gasteiger partial charge in [0.15, 0.2) is 11.5 Å². The second-order valence-electron chi connectivity index (χ2n) is 4.03. The number of hydrogen-bond acceptors (Lipinski definition) is 4. The molecule has 1 aromatic rings. The van der Waals surface area contributed by atoms with Gasteiger partial charge >= 0.3 is 0 Å². The zero-order valence-corrected chi connectivity index (χ0v) is 11.0. The Bertz CT molecular complexity index is 407. The van der Waals surface area contributed by atoms with Crippen LogP contribution in [0.4, 0.5) is 0 Å². The third-order valence-corrected chi connectivity index (χ3v) is 2.79. The highest BCUT2D eigenvalue weighted by Crippen LogP contribution is 2.28. The average molecular weight is 252 g/mol. The molecular weight excluding hydrogens is 232 g/mol. The lowest BCUT2D eigenvalue weighted by Gasteiger charge is -2.15. The zero-order valence-electron chi connectivity index (χ0n) is 11.0. The number of phenolic OH excluding ortho intramolecular Hbond substituents is 1. The Morgan fingerprint density at radius 1 is 1.50 bits per heavy atom. The minimum Gasteiger partial charge on any atom is -0.504 e. The third-order valence-electron chi connectivity index (χ3n) is 2.79. The van der Waals surface area contributed by atoms with Crippen molar-refractivity contribution >= 4 is 5.91 Å². The van der Waals surface area contributed by atoms with Gasteiger partial charge in [-0.2, -0.15) is 0 Å². The van der Waals surface area contributed by atoms with E-state index >= 15 is 0 Å². The molecule has 0 spiro atoms. The molecule has 0 aromatic heterocycles. The number of aromatic hydroxyl groups is 1. The minimum atomic E-state index is 0.0120.